The van der Waals surface area contributed by atoms with Crippen molar-refractivity contribution in [2.75, 3.05) is 11.9 Å². The van der Waals surface area contributed by atoms with Gasteiger partial charge in [-0.05, 0) is 43.9 Å². The van der Waals surface area contributed by atoms with E-state index in [1.165, 1.54) is 11.0 Å². The number of aryl methyl sites for hydroxylation is 1. The third kappa shape index (κ3) is 3.50. The van der Waals surface area contributed by atoms with Gasteiger partial charge >= 0.3 is 6.03 Å². The van der Waals surface area contributed by atoms with Crippen LogP contribution in [0, 0.1) is 12.7 Å². The fourth-order valence-corrected chi connectivity index (χ4v) is 3.49. The average molecular weight is 347 g/mol. The molecule has 0 atom stereocenters. The summed E-state index contributed by atoms with van der Waals surface area (Å²) in [5, 5.41) is 5.44. The second kappa shape index (κ2) is 6.82. The first-order valence-corrected chi connectivity index (χ1v) is 8.61. The van der Waals surface area contributed by atoms with Gasteiger partial charge in [-0.1, -0.05) is 18.9 Å². The minimum atomic E-state index is -0.710. The van der Waals surface area contributed by atoms with Crippen molar-refractivity contribution in [2.45, 2.75) is 51.0 Å². The molecule has 1 aliphatic carbocycles. The van der Waals surface area contributed by atoms with Crippen LogP contribution in [0.4, 0.5) is 14.9 Å². The van der Waals surface area contributed by atoms with Crippen LogP contribution in [0.2, 0.25) is 0 Å². The summed E-state index contributed by atoms with van der Waals surface area (Å²) >= 11 is 0. The molecule has 134 valence electrons. The van der Waals surface area contributed by atoms with Gasteiger partial charge in [0.05, 0.1) is 0 Å². The molecule has 6 nitrogen and oxygen atoms in total. The minimum Gasteiger partial charge on any atom is -0.326 e. The molecule has 1 aromatic rings. The Bertz CT molecular complexity index is 714. The van der Waals surface area contributed by atoms with Crippen molar-refractivity contribution < 1.29 is 18.8 Å². The van der Waals surface area contributed by atoms with Crippen molar-refractivity contribution in [1.29, 1.82) is 0 Å². The predicted molar refractivity (Wildman–Crippen MR) is 90.4 cm³/mol. The quantitative estimate of drug-likeness (QED) is 0.804. The lowest BCUT2D eigenvalue weighted by molar-refractivity contribution is -0.131. The molecule has 25 heavy (non-hydrogen) atoms. The Balaban J connectivity index is 1.49. The zero-order chi connectivity index (χ0) is 18.0. The first kappa shape index (κ1) is 17.4. The second-order valence-electron chi connectivity index (χ2n) is 6.79. The Morgan fingerprint density at radius 2 is 2.04 bits per heavy atom. The maximum Gasteiger partial charge on any atom is 0.325 e. The smallest absolute Gasteiger partial charge is 0.325 e. The lowest BCUT2D eigenvalue weighted by Gasteiger charge is -2.19. The fraction of sp³-hybridized carbons (Fsp3) is 0.500. The largest absolute Gasteiger partial charge is 0.326 e. The van der Waals surface area contributed by atoms with Crippen LogP contribution in [0.5, 0.6) is 0 Å². The number of carbonyl (C=O) groups excluding carboxylic acids is 3. The van der Waals surface area contributed by atoms with Gasteiger partial charge in [0.15, 0.2) is 0 Å². The maximum atomic E-state index is 13.5. The number of rotatable bonds is 5. The van der Waals surface area contributed by atoms with Crippen LogP contribution >= 0.6 is 0 Å². The van der Waals surface area contributed by atoms with Gasteiger partial charge in [0, 0.05) is 18.7 Å². The monoisotopic (exact) mass is 347 g/mol. The van der Waals surface area contributed by atoms with Gasteiger partial charge in [-0.3, -0.25) is 14.5 Å². The molecule has 2 fully saturated rings. The second-order valence-corrected chi connectivity index (χ2v) is 6.79. The van der Waals surface area contributed by atoms with E-state index in [9.17, 15) is 18.8 Å². The van der Waals surface area contributed by atoms with E-state index in [0.29, 0.717) is 30.5 Å². The van der Waals surface area contributed by atoms with Crippen LogP contribution in [-0.2, 0) is 9.59 Å². The fourth-order valence-electron chi connectivity index (χ4n) is 3.49. The number of carbonyl (C=O) groups is 3. The van der Waals surface area contributed by atoms with Gasteiger partial charge < -0.3 is 10.6 Å². The number of halogens is 1. The normalized spacial score (nSPS) is 18.7. The summed E-state index contributed by atoms with van der Waals surface area (Å²) in [5.74, 6) is -0.819. The third-order valence-corrected chi connectivity index (χ3v) is 4.94. The summed E-state index contributed by atoms with van der Waals surface area (Å²) in [6.45, 7) is 1.86. The molecule has 2 N–H and O–H groups in total. The lowest BCUT2D eigenvalue weighted by Crippen LogP contribution is -2.44. The molecular weight excluding hydrogens is 325 g/mol. The topological polar surface area (TPSA) is 78.5 Å². The molecule has 1 saturated heterocycles. The molecule has 1 aromatic carbocycles. The zero-order valence-electron chi connectivity index (χ0n) is 14.2. The number of nitrogens with zero attached hydrogens (tertiary/aromatic N) is 1. The average Bonchev–Trinajstić information content (AvgIpc) is 3.12. The summed E-state index contributed by atoms with van der Waals surface area (Å²) in [5.41, 5.74) is 0.198. The SMILES string of the molecule is Cc1ccc(NC(=O)CCCN2C(=O)NC3(CCCC3)C2=O)cc1F. The molecule has 0 unspecified atom stereocenters. The molecule has 0 aromatic heterocycles. The van der Waals surface area contributed by atoms with Gasteiger partial charge in [-0.15, -0.1) is 0 Å². The lowest BCUT2D eigenvalue weighted by atomic mass is 9.98. The number of anilines is 1. The third-order valence-electron chi connectivity index (χ3n) is 4.94. The molecule has 1 spiro atoms. The van der Waals surface area contributed by atoms with Crippen LogP contribution < -0.4 is 10.6 Å². The van der Waals surface area contributed by atoms with Crippen LogP contribution in [0.1, 0.15) is 44.1 Å². The number of hydrogen-bond donors (Lipinski definition) is 2. The molecule has 4 amide bonds. The molecule has 3 rings (SSSR count). The highest BCUT2D eigenvalue weighted by molar-refractivity contribution is 6.07. The minimum absolute atomic E-state index is 0.152. The molecule has 7 heteroatoms. The Kier molecular flexibility index (Phi) is 4.74. The van der Waals surface area contributed by atoms with Gasteiger partial charge in [-0.25, -0.2) is 9.18 Å². The molecule has 0 bridgehead atoms. The highest BCUT2D eigenvalue weighted by atomic mass is 19.1. The van der Waals surface area contributed by atoms with Crippen molar-refractivity contribution in [1.82, 2.24) is 10.2 Å². The van der Waals surface area contributed by atoms with Crippen molar-refractivity contribution in [3.63, 3.8) is 0 Å². The van der Waals surface area contributed by atoms with E-state index < -0.39 is 5.54 Å². The molecule has 0 radical (unpaired) electrons. The number of urea groups is 1. The first-order valence-electron chi connectivity index (χ1n) is 8.61. The van der Waals surface area contributed by atoms with Crippen molar-refractivity contribution >= 4 is 23.5 Å². The van der Waals surface area contributed by atoms with Crippen LogP contribution in [-0.4, -0.2) is 34.8 Å². The summed E-state index contributed by atoms with van der Waals surface area (Å²) in [6, 6.07) is 4.14. The molecule has 1 heterocycles. The van der Waals surface area contributed by atoms with E-state index in [1.54, 1.807) is 19.1 Å². The van der Waals surface area contributed by atoms with Crippen molar-refractivity contribution in [2.24, 2.45) is 0 Å². The van der Waals surface area contributed by atoms with Gasteiger partial charge in [0.1, 0.15) is 11.4 Å². The Labute approximate surface area is 145 Å². The van der Waals surface area contributed by atoms with Crippen LogP contribution in [0.25, 0.3) is 0 Å². The van der Waals surface area contributed by atoms with E-state index in [-0.39, 0.29) is 36.6 Å². The number of imide groups is 1. The van der Waals surface area contributed by atoms with Crippen molar-refractivity contribution in [3.8, 4) is 0 Å². The van der Waals surface area contributed by atoms with E-state index >= 15 is 0 Å². The standard InChI is InChI=1S/C18H22FN3O3/c1-12-6-7-13(11-14(12)19)20-15(23)5-4-10-22-16(24)18(21-17(22)25)8-2-3-9-18/h6-7,11H,2-5,8-10H2,1H3,(H,20,23)(H,21,25). The Morgan fingerprint density at radius 1 is 1.32 bits per heavy atom. The van der Waals surface area contributed by atoms with Crippen LogP contribution in [0.15, 0.2) is 18.2 Å². The number of benzene rings is 1. The summed E-state index contributed by atoms with van der Waals surface area (Å²) in [4.78, 5) is 37.7. The highest BCUT2D eigenvalue weighted by Crippen LogP contribution is 2.35. The van der Waals surface area contributed by atoms with Gasteiger partial charge in [-0.2, -0.15) is 0 Å². The number of hydrogen-bond acceptors (Lipinski definition) is 3. The van der Waals surface area contributed by atoms with E-state index in [0.717, 1.165) is 12.8 Å². The van der Waals surface area contributed by atoms with E-state index in [2.05, 4.69) is 10.6 Å². The molecule has 2 aliphatic rings. The van der Waals surface area contributed by atoms with E-state index in [1.807, 2.05) is 0 Å². The number of nitrogens with one attached hydrogen (secondary N) is 2. The summed E-state index contributed by atoms with van der Waals surface area (Å²) < 4.78 is 13.5. The zero-order valence-corrected chi connectivity index (χ0v) is 14.2. The molecular formula is C18H22FN3O3. The van der Waals surface area contributed by atoms with Crippen molar-refractivity contribution in [3.05, 3.63) is 29.6 Å². The first-order chi connectivity index (χ1) is 11.9. The Hall–Kier alpha value is -2.44. The van der Waals surface area contributed by atoms with Crippen LogP contribution in [0.3, 0.4) is 0 Å². The number of amides is 4. The molecule has 1 saturated carbocycles. The predicted octanol–water partition coefficient (Wildman–Crippen LogP) is 2.72. The summed E-state index contributed by atoms with van der Waals surface area (Å²) in [7, 11) is 0. The molecule has 1 aliphatic heterocycles. The highest BCUT2D eigenvalue weighted by Gasteiger charge is 2.51. The summed E-state index contributed by atoms with van der Waals surface area (Å²) in [6.07, 6.45) is 3.78. The Morgan fingerprint density at radius 3 is 2.72 bits per heavy atom. The maximum absolute atomic E-state index is 13.5. The van der Waals surface area contributed by atoms with Gasteiger partial charge in [0.25, 0.3) is 5.91 Å². The van der Waals surface area contributed by atoms with Gasteiger partial charge in [0.2, 0.25) is 5.91 Å². The van der Waals surface area contributed by atoms with E-state index in [4.69, 9.17) is 0 Å².